The van der Waals surface area contributed by atoms with Gasteiger partial charge in [-0.2, -0.15) is 0 Å². The zero-order valence-corrected chi connectivity index (χ0v) is 14.1. The zero-order chi connectivity index (χ0) is 16.8. The molecule has 5 heteroatoms. The molecule has 1 aliphatic carbocycles. The Hall–Kier alpha value is -1.88. The van der Waals surface area contributed by atoms with Gasteiger partial charge in [0.05, 0.1) is 17.4 Å². The largest absolute Gasteiger partial charge is 0.365 e. The Balaban J connectivity index is 2.12. The average molecular weight is 318 g/mol. The summed E-state index contributed by atoms with van der Waals surface area (Å²) in [7, 11) is 1.58. The van der Waals surface area contributed by atoms with Gasteiger partial charge in [0.2, 0.25) is 0 Å². The molecule has 0 unspecified atom stereocenters. The summed E-state index contributed by atoms with van der Waals surface area (Å²) in [6.07, 6.45) is 4.71. The summed E-state index contributed by atoms with van der Waals surface area (Å²) in [6, 6.07) is 5.43. The van der Waals surface area contributed by atoms with Crippen molar-refractivity contribution < 1.29 is 14.3 Å². The van der Waals surface area contributed by atoms with Gasteiger partial charge in [-0.05, 0) is 37.8 Å². The molecule has 0 saturated heterocycles. The lowest BCUT2D eigenvalue weighted by Gasteiger charge is -2.21. The van der Waals surface area contributed by atoms with E-state index < -0.39 is 6.10 Å². The average Bonchev–Trinajstić information content (AvgIpc) is 3.05. The van der Waals surface area contributed by atoms with Gasteiger partial charge in [-0.25, -0.2) is 0 Å². The molecular weight excluding hydrogens is 292 g/mol. The van der Waals surface area contributed by atoms with Crippen molar-refractivity contribution in [2.75, 3.05) is 12.4 Å². The van der Waals surface area contributed by atoms with E-state index in [1.165, 1.54) is 12.8 Å². The number of rotatable bonds is 6. The molecule has 2 amide bonds. The first-order valence-corrected chi connectivity index (χ1v) is 8.34. The molecule has 1 atom stereocenters. The fourth-order valence-corrected chi connectivity index (χ4v) is 3.01. The summed E-state index contributed by atoms with van der Waals surface area (Å²) >= 11 is 0. The first-order valence-electron chi connectivity index (χ1n) is 8.34. The van der Waals surface area contributed by atoms with E-state index in [0.29, 0.717) is 17.7 Å². The third-order valence-electron chi connectivity index (χ3n) is 4.31. The third kappa shape index (κ3) is 4.32. The van der Waals surface area contributed by atoms with E-state index in [-0.39, 0.29) is 17.9 Å². The number of anilines is 1. The Bertz CT molecular complexity index is 565. The minimum absolute atomic E-state index is 0.182. The number of benzene rings is 1. The van der Waals surface area contributed by atoms with Crippen LogP contribution in [0, 0.1) is 6.92 Å². The van der Waals surface area contributed by atoms with Crippen LogP contribution in [0.25, 0.3) is 0 Å². The van der Waals surface area contributed by atoms with Crippen LogP contribution in [-0.2, 0) is 9.53 Å². The minimum Gasteiger partial charge on any atom is -0.365 e. The van der Waals surface area contributed by atoms with Crippen LogP contribution in [0.1, 0.15) is 54.9 Å². The fourth-order valence-electron chi connectivity index (χ4n) is 3.01. The van der Waals surface area contributed by atoms with Crippen LogP contribution in [0.2, 0.25) is 0 Å². The van der Waals surface area contributed by atoms with Crippen LogP contribution in [0.4, 0.5) is 5.69 Å². The number of hydrogen-bond acceptors (Lipinski definition) is 3. The molecule has 0 spiro atoms. The van der Waals surface area contributed by atoms with Gasteiger partial charge in [-0.1, -0.05) is 31.9 Å². The maximum Gasteiger partial charge on any atom is 0.253 e. The lowest BCUT2D eigenvalue weighted by atomic mass is 10.1. The van der Waals surface area contributed by atoms with Crippen LogP contribution in [0.3, 0.4) is 0 Å². The highest BCUT2D eigenvalue weighted by molar-refractivity contribution is 6.05. The molecule has 0 bridgehead atoms. The van der Waals surface area contributed by atoms with Crippen molar-refractivity contribution in [3.8, 4) is 0 Å². The first-order chi connectivity index (χ1) is 11.1. The van der Waals surface area contributed by atoms with E-state index in [4.69, 9.17) is 4.74 Å². The second-order valence-electron chi connectivity index (χ2n) is 6.01. The zero-order valence-electron chi connectivity index (χ0n) is 14.1. The highest BCUT2D eigenvalue weighted by Crippen LogP contribution is 2.24. The highest BCUT2D eigenvalue weighted by atomic mass is 16.5. The maximum absolute atomic E-state index is 12.5. The molecule has 0 aromatic heterocycles. The molecule has 2 N–H and O–H groups in total. The number of amides is 2. The van der Waals surface area contributed by atoms with Crippen LogP contribution in [-0.4, -0.2) is 31.1 Å². The molecule has 0 aliphatic heterocycles. The molecule has 1 aromatic rings. The topological polar surface area (TPSA) is 67.4 Å². The Morgan fingerprint density at radius 2 is 2.00 bits per heavy atom. The number of hydrogen-bond donors (Lipinski definition) is 2. The van der Waals surface area contributed by atoms with E-state index in [9.17, 15) is 9.59 Å². The predicted molar refractivity (Wildman–Crippen MR) is 90.6 cm³/mol. The van der Waals surface area contributed by atoms with Gasteiger partial charge in [-0.15, -0.1) is 0 Å². The number of carbonyl (C=O) groups excluding carboxylic acids is 2. The summed E-state index contributed by atoms with van der Waals surface area (Å²) in [5.74, 6) is -0.390. The van der Waals surface area contributed by atoms with E-state index in [0.717, 1.165) is 18.4 Å². The predicted octanol–water partition coefficient (Wildman–Crippen LogP) is 3.03. The van der Waals surface area contributed by atoms with E-state index >= 15 is 0 Å². The number of carbonyl (C=O) groups is 2. The smallest absolute Gasteiger partial charge is 0.253 e. The first kappa shape index (κ1) is 17.5. The molecular formula is C18H26N2O3. The normalized spacial score (nSPS) is 16.1. The highest BCUT2D eigenvalue weighted by Gasteiger charge is 2.25. The Kier molecular flexibility index (Phi) is 6.16. The van der Waals surface area contributed by atoms with Crippen molar-refractivity contribution >= 4 is 17.5 Å². The van der Waals surface area contributed by atoms with Crippen molar-refractivity contribution in [1.29, 1.82) is 0 Å². The third-order valence-corrected chi connectivity index (χ3v) is 4.31. The van der Waals surface area contributed by atoms with Gasteiger partial charge >= 0.3 is 0 Å². The summed E-state index contributed by atoms with van der Waals surface area (Å²) in [5.41, 5.74) is 1.86. The summed E-state index contributed by atoms with van der Waals surface area (Å²) in [5, 5.41) is 5.48. The Labute approximate surface area is 137 Å². The molecule has 23 heavy (non-hydrogen) atoms. The summed E-state index contributed by atoms with van der Waals surface area (Å²) in [4.78, 5) is 24.6. The van der Waals surface area contributed by atoms with E-state index in [1.807, 2.05) is 26.0 Å². The lowest BCUT2D eigenvalue weighted by Crippen LogP contribution is -2.33. The lowest BCUT2D eigenvalue weighted by molar-refractivity contribution is -0.131. The monoisotopic (exact) mass is 318 g/mol. The van der Waals surface area contributed by atoms with Crippen molar-refractivity contribution in [1.82, 2.24) is 5.32 Å². The molecule has 0 heterocycles. The van der Waals surface area contributed by atoms with Crippen molar-refractivity contribution in [3.05, 3.63) is 29.3 Å². The number of ether oxygens (including phenoxy) is 1. The summed E-state index contributed by atoms with van der Waals surface area (Å²) in [6.45, 7) is 3.79. The molecule has 2 rings (SSSR count). The van der Waals surface area contributed by atoms with Gasteiger partial charge in [0.25, 0.3) is 11.8 Å². The Morgan fingerprint density at radius 1 is 1.30 bits per heavy atom. The van der Waals surface area contributed by atoms with E-state index in [2.05, 4.69) is 10.6 Å². The van der Waals surface area contributed by atoms with Crippen LogP contribution < -0.4 is 10.6 Å². The van der Waals surface area contributed by atoms with Gasteiger partial charge < -0.3 is 15.4 Å². The second-order valence-corrected chi connectivity index (χ2v) is 6.01. The fraction of sp³-hybridized carbons (Fsp3) is 0.556. The molecule has 1 saturated carbocycles. The Morgan fingerprint density at radius 3 is 2.61 bits per heavy atom. The summed E-state index contributed by atoms with van der Waals surface area (Å²) < 4.78 is 5.94. The van der Waals surface area contributed by atoms with Gasteiger partial charge in [0.15, 0.2) is 0 Å². The van der Waals surface area contributed by atoms with Gasteiger partial charge in [0, 0.05) is 7.05 Å². The molecule has 126 valence electrons. The number of nitrogens with one attached hydrogen (secondary N) is 2. The van der Waals surface area contributed by atoms with Crippen LogP contribution >= 0.6 is 0 Å². The van der Waals surface area contributed by atoms with Gasteiger partial charge in [-0.3, -0.25) is 9.59 Å². The molecule has 1 aromatic carbocycles. The maximum atomic E-state index is 12.5. The van der Waals surface area contributed by atoms with E-state index in [1.54, 1.807) is 13.1 Å². The molecule has 0 radical (unpaired) electrons. The molecule has 5 nitrogen and oxygen atoms in total. The standard InChI is InChI=1S/C18H26N2O3/c1-4-15(23-13-9-5-6-10-13)17(21)20-14-11-7-8-12(2)16(14)18(22)19-3/h7-8,11,13,15H,4-6,9-10H2,1-3H3,(H,19,22)(H,20,21)/t15-/m0/s1. The molecule has 1 aliphatic rings. The molecule has 1 fully saturated rings. The van der Waals surface area contributed by atoms with Gasteiger partial charge in [0.1, 0.15) is 6.10 Å². The quantitative estimate of drug-likeness (QED) is 0.847. The number of aryl methyl sites for hydroxylation is 1. The van der Waals surface area contributed by atoms with Crippen LogP contribution in [0.15, 0.2) is 18.2 Å². The minimum atomic E-state index is -0.476. The second kappa shape index (κ2) is 8.11. The van der Waals surface area contributed by atoms with Crippen molar-refractivity contribution in [3.63, 3.8) is 0 Å². The van der Waals surface area contributed by atoms with Crippen LogP contribution in [0.5, 0.6) is 0 Å². The van der Waals surface area contributed by atoms with Crippen molar-refractivity contribution in [2.45, 2.75) is 58.2 Å². The SMILES string of the molecule is CC[C@H](OC1CCCC1)C(=O)Nc1cccc(C)c1C(=O)NC. The van der Waals surface area contributed by atoms with Crippen molar-refractivity contribution in [2.24, 2.45) is 0 Å².